The van der Waals surface area contributed by atoms with Gasteiger partial charge >= 0.3 is 5.97 Å². The number of hydrogen-bond donors (Lipinski definition) is 1. The number of ether oxygens (including phenoxy) is 1. The normalized spacial score (nSPS) is 10.9. The van der Waals surface area contributed by atoms with Crippen molar-refractivity contribution in [1.82, 2.24) is 10.3 Å². The molecule has 3 rings (SSSR count). The van der Waals surface area contributed by atoms with Gasteiger partial charge in [-0.05, 0) is 37.1 Å². The second-order valence-corrected chi connectivity index (χ2v) is 8.57. The van der Waals surface area contributed by atoms with E-state index < -0.39 is 5.97 Å². The van der Waals surface area contributed by atoms with Crippen LogP contribution in [0.4, 0.5) is 0 Å². The number of fused-ring (bicyclic) bond motifs is 1. The summed E-state index contributed by atoms with van der Waals surface area (Å²) in [7, 11) is 0. The van der Waals surface area contributed by atoms with Crippen LogP contribution < -0.4 is 5.32 Å². The summed E-state index contributed by atoms with van der Waals surface area (Å²) in [6.45, 7) is 4.31. The molecule has 0 radical (unpaired) electrons. The molecule has 1 aromatic carbocycles. The van der Waals surface area contributed by atoms with Gasteiger partial charge in [0.2, 0.25) is 0 Å². The van der Waals surface area contributed by atoms with Gasteiger partial charge in [-0.15, -0.1) is 22.7 Å². The van der Waals surface area contributed by atoms with Crippen molar-refractivity contribution in [3.05, 3.63) is 50.7 Å². The first kappa shape index (κ1) is 19.5. The lowest BCUT2D eigenvalue weighted by molar-refractivity contribution is -0.124. The number of esters is 1. The predicted octanol–water partition coefficient (Wildman–Crippen LogP) is 4.13. The number of carbonyl (C=O) groups is 2. The van der Waals surface area contributed by atoms with Crippen LogP contribution in [-0.2, 0) is 22.4 Å². The fraction of sp³-hybridized carbons (Fsp3) is 0.350. The molecule has 2 heterocycles. The van der Waals surface area contributed by atoms with E-state index in [-0.39, 0.29) is 12.5 Å². The fourth-order valence-corrected chi connectivity index (χ4v) is 4.66. The molecule has 0 atom stereocenters. The van der Waals surface area contributed by atoms with E-state index in [2.05, 4.69) is 17.2 Å². The van der Waals surface area contributed by atoms with Gasteiger partial charge in [0.05, 0.1) is 15.2 Å². The molecule has 0 fully saturated rings. The number of rotatable bonds is 8. The molecular weight excluding hydrogens is 380 g/mol. The number of para-hydroxylation sites is 1. The van der Waals surface area contributed by atoms with E-state index in [9.17, 15) is 9.59 Å². The highest BCUT2D eigenvalue weighted by molar-refractivity contribution is 7.18. The van der Waals surface area contributed by atoms with Crippen LogP contribution in [0.3, 0.4) is 0 Å². The Morgan fingerprint density at radius 1 is 1.19 bits per heavy atom. The lowest BCUT2D eigenvalue weighted by Crippen LogP contribution is -2.30. The highest BCUT2D eigenvalue weighted by Crippen LogP contribution is 2.23. The number of nitrogens with one attached hydrogen (secondary N) is 1. The standard InChI is InChI=1S/C20H22N2O3S2/c1-3-6-14-11-17(26-13(14)2)20(24)25-12-18(23)21-10-9-19-22-15-7-4-5-8-16(15)27-19/h4-5,7-8,11H,3,6,9-10,12H2,1-2H3,(H,21,23). The van der Waals surface area contributed by atoms with Crippen LogP contribution in [0.1, 0.15) is 38.5 Å². The molecule has 27 heavy (non-hydrogen) atoms. The van der Waals surface area contributed by atoms with Crippen molar-refractivity contribution in [2.24, 2.45) is 0 Å². The van der Waals surface area contributed by atoms with Gasteiger partial charge in [-0.2, -0.15) is 0 Å². The van der Waals surface area contributed by atoms with Crippen LogP contribution in [0.15, 0.2) is 30.3 Å². The summed E-state index contributed by atoms with van der Waals surface area (Å²) in [5, 5.41) is 3.75. The molecular formula is C20H22N2O3S2. The number of hydrogen-bond acceptors (Lipinski definition) is 6. The Labute approximate surface area is 166 Å². The van der Waals surface area contributed by atoms with Crippen LogP contribution in [-0.4, -0.2) is 30.0 Å². The SMILES string of the molecule is CCCc1cc(C(=O)OCC(=O)NCCc2nc3ccccc3s2)sc1C. The minimum Gasteiger partial charge on any atom is -0.451 e. The Morgan fingerprint density at radius 2 is 2.00 bits per heavy atom. The highest BCUT2D eigenvalue weighted by atomic mass is 32.1. The Bertz CT molecular complexity index is 913. The second-order valence-electron chi connectivity index (χ2n) is 6.19. The average Bonchev–Trinajstić information content (AvgIpc) is 3.23. The summed E-state index contributed by atoms with van der Waals surface area (Å²) >= 11 is 3.04. The van der Waals surface area contributed by atoms with E-state index in [0.29, 0.717) is 17.8 Å². The molecule has 0 aliphatic heterocycles. The van der Waals surface area contributed by atoms with Crippen LogP contribution in [0, 0.1) is 6.92 Å². The van der Waals surface area contributed by atoms with Crippen LogP contribution in [0.2, 0.25) is 0 Å². The van der Waals surface area contributed by atoms with Crippen molar-refractivity contribution >= 4 is 44.8 Å². The number of nitrogens with zero attached hydrogens (tertiary/aromatic N) is 1. The molecule has 3 aromatic rings. The number of thiophene rings is 1. The Kier molecular flexibility index (Phi) is 6.58. The third-order valence-corrected chi connectivity index (χ3v) is 6.24. The van der Waals surface area contributed by atoms with E-state index in [0.717, 1.165) is 32.9 Å². The summed E-state index contributed by atoms with van der Waals surface area (Å²) in [5.74, 6) is -0.738. The molecule has 0 aliphatic carbocycles. The van der Waals surface area contributed by atoms with E-state index in [1.807, 2.05) is 37.3 Å². The van der Waals surface area contributed by atoms with Gasteiger partial charge in [-0.25, -0.2) is 9.78 Å². The zero-order chi connectivity index (χ0) is 19.2. The van der Waals surface area contributed by atoms with Crippen LogP contribution >= 0.6 is 22.7 Å². The minimum atomic E-state index is -0.438. The zero-order valence-corrected chi connectivity index (χ0v) is 17.0. The average molecular weight is 403 g/mol. The molecule has 1 amide bonds. The van der Waals surface area contributed by atoms with Gasteiger partial charge in [0, 0.05) is 17.8 Å². The van der Waals surface area contributed by atoms with Crippen LogP contribution in [0.25, 0.3) is 10.2 Å². The molecule has 142 valence electrons. The van der Waals surface area contributed by atoms with Gasteiger partial charge in [0.15, 0.2) is 6.61 Å². The first-order chi connectivity index (χ1) is 13.1. The molecule has 0 bridgehead atoms. The Balaban J connectivity index is 1.42. The maximum atomic E-state index is 12.1. The van der Waals surface area contributed by atoms with Gasteiger partial charge < -0.3 is 10.1 Å². The van der Waals surface area contributed by atoms with E-state index in [1.54, 1.807) is 11.3 Å². The van der Waals surface area contributed by atoms with Crippen LogP contribution in [0.5, 0.6) is 0 Å². The maximum absolute atomic E-state index is 12.1. The fourth-order valence-electron chi connectivity index (χ4n) is 2.73. The highest BCUT2D eigenvalue weighted by Gasteiger charge is 2.15. The first-order valence-corrected chi connectivity index (χ1v) is 10.6. The summed E-state index contributed by atoms with van der Waals surface area (Å²) in [5.41, 5.74) is 2.15. The Hall–Kier alpha value is -2.25. The van der Waals surface area contributed by atoms with Gasteiger partial charge in [0.25, 0.3) is 5.91 Å². The quantitative estimate of drug-likeness (QED) is 0.575. The van der Waals surface area contributed by atoms with Crippen molar-refractivity contribution in [2.45, 2.75) is 33.1 Å². The number of carbonyl (C=O) groups excluding carboxylic acids is 2. The largest absolute Gasteiger partial charge is 0.451 e. The molecule has 0 saturated heterocycles. The van der Waals surface area contributed by atoms with Crippen molar-refractivity contribution < 1.29 is 14.3 Å². The summed E-state index contributed by atoms with van der Waals surface area (Å²) in [4.78, 5) is 30.2. The van der Waals surface area contributed by atoms with E-state index in [1.165, 1.54) is 16.9 Å². The first-order valence-electron chi connectivity index (χ1n) is 8.94. The van der Waals surface area contributed by atoms with E-state index >= 15 is 0 Å². The molecule has 7 heteroatoms. The third-order valence-electron chi connectivity index (χ3n) is 4.07. The molecule has 1 N–H and O–H groups in total. The number of thiazole rings is 1. The van der Waals surface area contributed by atoms with Crippen molar-refractivity contribution in [3.8, 4) is 0 Å². The summed E-state index contributed by atoms with van der Waals surface area (Å²) < 4.78 is 6.27. The van der Waals surface area contributed by atoms with Crippen molar-refractivity contribution in [2.75, 3.05) is 13.2 Å². The predicted molar refractivity (Wildman–Crippen MR) is 110 cm³/mol. The number of amides is 1. The molecule has 2 aromatic heterocycles. The topological polar surface area (TPSA) is 68.3 Å². The number of aryl methyl sites for hydroxylation is 2. The van der Waals surface area contributed by atoms with Gasteiger partial charge in [-0.1, -0.05) is 25.5 Å². The lowest BCUT2D eigenvalue weighted by atomic mass is 10.1. The van der Waals surface area contributed by atoms with Crippen molar-refractivity contribution in [3.63, 3.8) is 0 Å². The molecule has 0 unspecified atom stereocenters. The summed E-state index contributed by atoms with van der Waals surface area (Å²) in [6, 6.07) is 9.83. The minimum absolute atomic E-state index is 0.265. The molecule has 0 saturated carbocycles. The van der Waals surface area contributed by atoms with Gasteiger partial charge in [0.1, 0.15) is 4.88 Å². The monoisotopic (exact) mass is 402 g/mol. The second kappa shape index (κ2) is 9.10. The zero-order valence-electron chi connectivity index (χ0n) is 15.4. The molecule has 0 spiro atoms. The van der Waals surface area contributed by atoms with Crippen molar-refractivity contribution in [1.29, 1.82) is 0 Å². The third kappa shape index (κ3) is 5.14. The van der Waals surface area contributed by atoms with Gasteiger partial charge in [-0.3, -0.25) is 4.79 Å². The van der Waals surface area contributed by atoms with E-state index in [4.69, 9.17) is 4.74 Å². The molecule has 0 aliphatic rings. The maximum Gasteiger partial charge on any atom is 0.348 e. The number of aromatic nitrogens is 1. The summed E-state index contributed by atoms with van der Waals surface area (Å²) in [6.07, 6.45) is 2.63. The smallest absolute Gasteiger partial charge is 0.348 e. The number of benzene rings is 1. The lowest BCUT2D eigenvalue weighted by Gasteiger charge is -2.04. The Morgan fingerprint density at radius 3 is 2.78 bits per heavy atom. The molecule has 5 nitrogen and oxygen atoms in total.